The number of ether oxygens (including phenoxy) is 1. The van der Waals surface area contributed by atoms with E-state index in [0.717, 1.165) is 71.3 Å². The first-order valence-corrected chi connectivity index (χ1v) is 20.2. The molecule has 0 bridgehead atoms. The predicted octanol–water partition coefficient (Wildman–Crippen LogP) is 7.98. The number of benzene rings is 4. The average molecular weight is 694 g/mol. The number of fused-ring (bicyclic) bond motifs is 1. The number of hydrogen-bond donors (Lipinski definition) is 0. The van der Waals surface area contributed by atoms with Crippen molar-refractivity contribution in [1.82, 2.24) is 4.90 Å². The van der Waals surface area contributed by atoms with Gasteiger partial charge in [0.2, 0.25) is 0 Å². The Hall–Kier alpha value is -3.60. The van der Waals surface area contributed by atoms with Crippen LogP contribution in [0.2, 0.25) is 0 Å². The van der Waals surface area contributed by atoms with Gasteiger partial charge in [-0.15, -0.1) is 0 Å². The van der Waals surface area contributed by atoms with Crippen LogP contribution in [0.25, 0.3) is 21.9 Å². The summed E-state index contributed by atoms with van der Waals surface area (Å²) in [5.74, 6) is 1.36. The Morgan fingerprint density at radius 2 is 1.27 bits per heavy atom. The van der Waals surface area contributed by atoms with Crippen molar-refractivity contribution in [1.29, 1.82) is 0 Å². The molecule has 0 radical (unpaired) electrons. The van der Waals surface area contributed by atoms with Crippen LogP contribution < -0.4 is 13.1 Å². The van der Waals surface area contributed by atoms with Crippen molar-refractivity contribution >= 4 is 31.0 Å². The molecule has 1 saturated heterocycles. The van der Waals surface area contributed by atoms with Crippen LogP contribution in [0.4, 0.5) is 0 Å². The van der Waals surface area contributed by atoms with Crippen LogP contribution in [0.5, 0.6) is 17.2 Å². The van der Waals surface area contributed by atoms with Crippen molar-refractivity contribution in [3.63, 3.8) is 0 Å². The molecule has 0 N–H and O–H groups in total. The molecule has 10 heteroatoms. The minimum Gasteiger partial charge on any atom is -0.492 e. The highest BCUT2D eigenvalue weighted by Gasteiger charge is 2.17. The van der Waals surface area contributed by atoms with Gasteiger partial charge in [-0.3, -0.25) is 4.90 Å². The molecule has 8 nitrogen and oxygen atoms in total. The van der Waals surface area contributed by atoms with Gasteiger partial charge < -0.3 is 13.1 Å². The van der Waals surface area contributed by atoms with Gasteiger partial charge in [0.15, 0.2) is 0 Å². The lowest BCUT2D eigenvalue weighted by molar-refractivity contribution is 0.183. The van der Waals surface area contributed by atoms with Crippen LogP contribution in [0.15, 0.2) is 78.9 Å². The van der Waals surface area contributed by atoms with Gasteiger partial charge in [-0.2, -0.15) is 16.8 Å². The number of hydrogen-bond acceptors (Lipinski definition) is 8. The normalized spacial score (nSPS) is 14.2. The van der Waals surface area contributed by atoms with Crippen LogP contribution in [0.3, 0.4) is 0 Å². The van der Waals surface area contributed by atoms with Crippen molar-refractivity contribution in [3.05, 3.63) is 90.0 Å². The summed E-state index contributed by atoms with van der Waals surface area (Å²) < 4.78 is 66.6. The van der Waals surface area contributed by atoms with Crippen molar-refractivity contribution in [2.24, 2.45) is 0 Å². The number of rotatable bonds is 17. The van der Waals surface area contributed by atoms with Gasteiger partial charge in [0.05, 0.1) is 11.5 Å². The van der Waals surface area contributed by atoms with E-state index in [1.807, 2.05) is 56.3 Å². The summed E-state index contributed by atoms with van der Waals surface area (Å²) in [6.07, 6.45) is 7.06. The lowest BCUT2D eigenvalue weighted by Crippen LogP contribution is -2.33. The molecule has 0 saturated carbocycles. The van der Waals surface area contributed by atoms with Crippen LogP contribution in [-0.4, -0.2) is 59.5 Å². The van der Waals surface area contributed by atoms with Crippen LogP contribution in [0.1, 0.15) is 69.9 Å². The second-order valence-electron chi connectivity index (χ2n) is 12.5. The molecule has 258 valence electrons. The van der Waals surface area contributed by atoms with Gasteiger partial charge in [-0.1, -0.05) is 75.6 Å². The van der Waals surface area contributed by atoms with Crippen LogP contribution in [0, 0.1) is 0 Å². The summed E-state index contributed by atoms with van der Waals surface area (Å²) in [5, 5.41) is 1.83. The predicted molar refractivity (Wildman–Crippen MR) is 193 cm³/mol. The van der Waals surface area contributed by atoms with Gasteiger partial charge in [0.1, 0.15) is 23.9 Å². The minimum atomic E-state index is -3.68. The van der Waals surface area contributed by atoms with Crippen LogP contribution in [-0.2, 0) is 26.7 Å². The van der Waals surface area contributed by atoms with E-state index in [1.54, 1.807) is 24.3 Å². The number of piperidine rings is 1. The molecule has 0 aliphatic carbocycles. The number of unbranched alkanes of at least 4 members (excludes halogenated alkanes) is 2. The van der Waals surface area contributed by atoms with Gasteiger partial charge >= 0.3 is 20.2 Å². The van der Waals surface area contributed by atoms with Crippen molar-refractivity contribution in [2.45, 2.75) is 65.2 Å². The summed E-state index contributed by atoms with van der Waals surface area (Å²) in [6.45, 7) is 7.76. The smallest absolute Gasteiger partial charge is 0.309 e. The SMILES string of the molecule is CCCCS(=O)(=O)Oc1ccc(-c2ccc3cc(OS(=O)(=O)CCCC)ccc3c2Cc2ccc(OCCN3CCCCC3)cc2)cc1. The van der Waals surface area contributed by atoms with Crippen molar-refractivity contribution in [3.8, 4) is 28.4 Å². The van der Waals surface area contributed by atoms with Gasteiger partial charge in [0.25, 0.3) is 0 Å². The van der Waals surface area contributed by atoms with E-state index >= 15 is 0 Å². The highest BCUT2D eigenvalue weighted by Crippen LogP contribution is 2.35. The largest absolute Gasteiger partial charge is 0.492 e. The Balaban J connectivity index is 1.40. The molecule has 1 aliphatic heterocycles. The standard InChI is InChI=1S/C38H47NO7S2/c1-3-5-26-47(40,41)45-34-17-12-31(13-18-34)36-20-14-32-29-35(46-48(42,43)27-6-4-2)19-21-37(32)38(36)28-30-10-15-33(16-11-30)44-25-24-39-22-8-7-9-23-39/h10-21,29H,3-9,22-28H2,1-2H3. The molecule has 0 atom stereocenters. The van der Waals surface area contributed by atoms with Crippen molar-refractivity contribution in [2.75, 3.05) is 37.7 Å². The van der Waals surface area contributed by atoms with Crippen molar-refractivity contribution < 1.29 is 29.9 Å². The maximum Gasteiger partial charge on any atom is 0.309 e. The highest BCUT2D eigenvalue weighted by molar-refractivity contribution is 7.87. The summed E-state index contributed by atoms with van der Waals surface area (Å²) in [4.78, 5) is 2.46. The average Bonchev–Trinajstić information content (AvgIpc) is 3.08. The molecular weight excluding hydrogens is 647 g/mol. The zero-order chi connectivity index (χ0) is 34.0. The molecule has 0 spiro atoms. The quantitative estimate of drug-likeness (QED) is 0.103. The topological polar surface area (TPSA) is 99.2 Å². The summed E-state index contributed by atoms with van der Waals surface area (Å²) >= 11 is 0. The summed E-state index contributed by atoms with van der Waals surface area (Å²) in [5.41, 5.74) is 4.03. The zero-order valence-electron chi connectivity index (χ0n) is 28.0. The second kappa shape index (κ2) is 16.7. The van der Waals surface area contributed by atoms with Crippen LogP contribution >= 0.6 is 0 Å². The van der Waals surface area contributed by atoms with E-state index < -0.39 is 20.2 Å². The lowest BCUT2D eigenvalue weighted by Gasteiger charge is -2.26. The van der Waals surface area contributed by atoms with E-state index in [1.165, 1.54) is 19.3 Å². The maximum absolute atomic E-state index is 12.5. The van der Waals surface area contributed by atoms with E-state index in [2.05, 4.69) is 17.0 Å². The molecule has 4 aromatic rings. The van der Waals surface area contributed by atoms with Gasteiger partial charge in [-0.25, -0.2) is 0 Å². The first-order chi connectivity index (χ1) is 23.1. The molecule has 0 aromatic heterocycles. The number of nitrogens with zero attached hydrogens (tertiary/aromatic N) is 1. The minimum absolute atomic E-state index is 0.0199. The zero-order valence-corrected chi connectivity index (χ0v) is 29.7. The Morgan fingerprint density at radius 3 is 1.92 bits per heavy atom. The number of likely N-dealkylation sites (tertiary alicyclic amines) is 1. The first-order valence-electron chi connectivity index (χ1n) is 17.1. The third-order valence-corrected chi connectivity index (χ3v) is 11.1. The molecule has 0 unspecified atom stereocenters. The fraction of sp³-hybridized carbons (Fsp3) is 0.421. The molecule has 1 heterocycles. The molecule has 1 fully saturated rings. The summed E-state index contributed by atoms with van der Waals surface area (Å²) in [7, 11) is -7.34. The van der Waals surface area contributed by atoms with E-state index in [-0.39, 0.29) is 23.0 Å². The molecule has 5 rings (SSSR count). The Labute approximate surface area is 286 Å². The fourth-order valence-electron chi connectivity index (χ4n) is 5.98. The monoisotopic (exact) mass is 693 g/mol. The molecule has 1 aliphatic rings. The van der Waals surface area contributed by atoms with Gasteiger partial charge in [-0.05, 0) is 115 Å². The maximum atomic E-state index is 12.5. The highest BCUT2D eigenvalue weighted by atomic mass is 32.2. The lowest BCUT2D eigenvalue weighted by atomic mass is 9.90. The third kappa shape index (κ3) is 10.2. The van der Waals surface area contributed by atoms with E-state index in [9.17, 15) is 16.8 Å². The molecule has 4 aromatic carbocycles. The summed E-state index contributed by atoms with van der Waals surface area (Å²) in [6, 6.07) is 24.6. The molecule has 0 amide bonds. The molecular formula is C38H47NO7S2. The van der Waals surface area contributed by atoms with E-state index in [4.69, 9.17) is 13.1 Å². The Morgan fingerprint density at radius 1 is 0.667 bits per heavy atom. The first kappa shape index (κ1) is 35.7. The fourth-order valence-corrected chi connectivity index (χ4v) is 8.23. The third-order valence-electron chi connectivity index (χ3n) is 8.64. The van der Waals surface area contributed by atoms with E-state index in [0.29, 0.717) is 25.9 Å². The van der Waals surface area contributed by atoms with Gasteiger partial charge in [0, 0.05) is 6.54 Å². The molecule has 48 heavy (non-hydrogen) atoms. The Kier molecular flexibility index (Phi) is 12.4. The second-order valence-corrected chi connectivity index (χ2v) is 15.8. The Bertz CT molecular complexity index is 1850.